The van der Waals surface area contributed by atoms with Crippen LogP contribution in [0.5, 0.6) is 5.75 Å². The van der Waals surface area contributed by atoms with Crippen molar-refractivity contribution in [3.05, 3.63) is 126 Å². The van der Waals surface area contributed by atoms with Crippen LogP contribution in [0.2, 0.25) is 0 Å². The van der Waals surface area contributed by atoms with Gasteiger partial charge in [0, 0.05) is 30.6 Å². The van der Waals surface area contributed by atoms with Crippen LogP contribution in [0.4, 0.5) is 0 Å². The molecule has 1 saturated heterocycles. The van der Waals surface area contributed by atoms with Gasteiger partial charge in [0.1, 0.15) is 5.75 Å². The SMILES string of the molecule is O=C(NC1CCN(CCC(c2ccccc2)c2ccccc2)CC1)c1ccc(-c2ccc(O)cc2)cc1. The Morgan fingerprint density at radius 3 is 1.81 bits per heavy atom. The maximum Gasteiger partial charge on any atom is 0.251 e. The molecule has 4 aromatic rings. The molecule has 0 aromatic heterocycles. The van der Waals surface area contributed by atoms with E-state index in [9.17, 15) is 9.90 Å². The average molecular weight is 491 g/mol. The van der Waals surface area contributed by atoms with Crippen molar-refractivity contribution in [1.82, 2.24) is 10.2 Å². The number of carbonyl (C=O) groups excluding carboxylic acids is 1. The standard InChI is InChI=1S/C33H34N2O2/c36-31-17-15-26(16-18-31)25-11-13-29(14-12-25)33(37)34-30-19-22-35(23-20-30)24-21-32(27-7-3-1-4-8-27)28-9-5-2-6-10-28/h1-18,30,32,36H,19-24H2,(H,34,37). The molecule has 0 aliphatic carbocycles. The van der Waals surface area contributed by atoms with Gasteiger partial charge in [-0.25, -0.2) is 0 Å². The van der Waals surface area contributed by atoms with Gasteiger partial charge in [0.2, 0.25) is 0 Å². The van der Waals surface area contributed by atoms with Crippen LogP contribution in [0.15, 0.2) is 109 Å². The molecule has 37 heavy (non-hydrogen) atoms. The Labute approximate surface area is 219 Å². The highest BCUT2D eigenvalue weighted by Gasteiger charge is 2.22. The summed E-state index contributed by atoms with van der Waals surface area (Å²) in [6.07, 6.45) is 3.02. The van der Waals surface area contributed by atoms with Gasteiger partial charge in [0.15, 0.2) is 0 Å². The van der Waals surface area contributed by atoms with Gasteiger partial charge in [-0.3, -0.25) is 4.79 Å². The maximum absolute atomic E-state index is 12.9. The Balaban J connectivity index is 1.12. The van der Waals surface area contributed by atoms with Crippen LogP contribution >= 0.6 is 0 Å². The predicted molar refractivity (Wildman–Crippen MR) is 150 cm³/mol. The number of amides is 1. The number of hydrogen-bond acceptors (Lipinski definition) is 3. The normalized spacial score (nSPS) is 14.5. The molecule has 1 aliphatic rings. The van der Waals surface area contributed by atoms with Crippen molar-refractivity contribution in [2.45, 2.75) is 31.2 Å². The first-order chi connectivity index (χ1) is 18.2. The highest BCUT2D eigenvalue weighted by molar-refractivity contribution is 5.94. The Morgan fingerprint density at radius 1 is 0.757 bits per heavy atom. The summed E-state index contributed by atoms with van der Waals surface area (Å²) in [5.74, 6) is 0.631. The zero-order valence-electron chi connectivity index (χ0n) is 21.1. The van der Waals surface area contributed by atoms with Crippen molar-refractivity contribution in [3.63, 3.8) is 0 Å². The fourth-order valence-electron chi connectivity index (χ4n) is 5.25. The van der Waals surface area contributed by atoms with E-state index in [1.54, 1.807) is 12.1 Å². The topological polar surface area (TPSA) is 52.6 Å². The molecular weight excluding hydrogens is 456 g/mol. The van der Waals surface area contributed by atoms with Gasteiger partial charge in [-0.05, 0) is 72.3 Å². The van der Waals surface area contributed by atoms with E-state index in [2.05, 4.69) is 70.9 Å². The molecule has 0 bridgehead atoms. The van der Waals surface area contributed by atoms with Crippen LogP contribution in [-0.2, 0) is 0 Å². The zero-order chi connectivity index (χ0) is 25.5. The van der Waals surface area contributed by atoms with E-state index in [0.29, 0.717) is 11.5 Å². The number of likely N-dealkylation sites (tertiary alicyclic amines) is 1. The lowest BCUT2D eigenvalue weighted by molar-refractivity contribution is 0.0910. The summed E-state index contributed by atoms with van der Waals surface area (Å²) in [5.41, 5.74) is 5.45. The number of aromatic hydroxyl groups is 1. The second-order valence-electron chi connectivity index (χ2n) is 9.88. The average Bonchev–Trinajstić information content (AvgIpc) is 2.96. The number of piperidine rings is 1. The number of rotatable bonds is 8. The fourth-order valence-corrected chi connectivity index (χ4v) is 5.25. The van der Waals surface area contributed by atoms with Gasteiger partial charge >= 0.3 is 0 Å². The number of phenolic OH excluding ortho intramolecular Hbond substituents is 1. The molecule has 0 atom stereocenters. The summed E-state index contributed by atoms with van der Waals surface area (Å²) in [5, 5.41) is 12.7. The third kappa shape index (κ3) is 6.46. The Hall–Kier alpha value is -3.89. The minimum absolute atomic E-state index is 0.0103. The first-order valence-electron chi connectivity index (χ1n) is 13.2. The largest absolute Gasteiger partial charge is 0.508 e. The minimum atomic E-state index is -0.0103. The third-order valence-electron chi connectivity index (χ3n) is 7.41. The highest BCUT2D eigenvalue weighted by Crippen LogP contribution is 2.29. The number of nitrogens with zero attached hydrogens (tertiary/aromatic N) is 1. The molecule has 1 heterocycles. The predicted octanol–water partition coefficient (Wildman–Crippen LogP) is 6.48. The van der Waals surface area contributed by atoms with Gasteiger partial charge in [-0.2, -0.15) is 0 Å². The van der Waals surface area contributed by atoms with Gasteiger partial charge in [-0.1, -0.05) is 84.9 Å². The summed E-state index contributed by atoms with van der Waals surface area (Å²) in [7, 11) is 0. The quantitative estimate of drug-likeness (QED) is 0.297. The van der Waals surface area contributed by atoms with Crippen molar-refractivity contribution in [1.29, 1.82) is 0 Å². The molecule has 4 heteroatoms. The van der Waals surface area contributed by atoms with Crippen LogP contribution in [0.3, 0.4) is 0 Å². The van der Waals surface area contributed by atoms with Crippen LogP contribution in [0.25, 0.3) is 11.1 Å². The summed E-state index contributed by atoms with van der Waals surface area (Å²) < 4.78 is 0. The Morgan fingerprint density at radius 2 is 1.27 bits per heavy atom. The van der Waals surface area contributed by atoms with E-state index in [-0.39, 0.29) is 17.7 Å². The molecule has 188 valence electrons. The van der Waals surface area contributed by atoms with Crippen molar-refractivity contribution in [3.8, 4) is 16.9 Å². The third-order valence-corrected chi connectivity index (χ3v) is 7.41. The first kappa shape index (κ1) is 24.8. The van der Waals surface area contributed by atoms with E-state index in [1.807, 2.05) is 36.4 Å². The molecule has 0 radical (unpaired) electrons. The zero-order valence-corrected chi connectivity index (χ0v) is 21.1. The monoisotopic (exact) mass is 490 g/mol. The van der Waals surface area contributed by atoms with Crippen LogP contribution < -0.4 is 5.32 Å². The molecule has 5 rings (SSSR count). The van der Waals surface area contributed by atoms with Crippen molar-refractivity contribution >= 4 is 5.91 Å². The number of nitrogens with one attached hydrogen (secondary N) is 1. The fraction of sp³-hybridized carbons (Fsp3) is 0.242. The van der Waals surface area contributed by atoms with Crippen molar-refractivity contribution in [2.24, 2.45) is 0 Å². The Bertz CT molecular complexity index is 1220. The number of benzene rings is 4. The molecule has 4 nitrogen and oxygen atoms in total. The molecule has 1 amide bonds. The lowest BCUT2D eigenvalue weighted by atomic mass is 9.88. The summed E-state index contributed by atoms with van der Waals surface area (Å²) in [4.78, 5) is 15.4. The second-order valence-corrected chi connectivity index (χ2v) is 9.88. The van der Waals surface area contributed by atoms with E-state index >= 15 is 0 Å². The van der Waals surface area contributed by atoms with Crippen molar-refractivity contribution < 1.29 is 9.90 Å². The van der Waals surface area contributed by atoms with E-state index in [0.717, 1.165) is 50.0 Å². The summed E-state index contributed by atoms with van der Waals surface area (Å²) in [6.45, 7) is 3.05. The summed E-state index contributed by atoms with van der Waals surface area (Å²) in [6, 6.07) is 36.6. The highest BCUT2D eigenvalue weighted by atomic mass is 16.3. The van der Waals surface area contributed by atoms with Crippen molar-refractivity contribution in [2.75, 3.05) is 19.6 Å². The lowest BCUT2D eigenvalue weighted by Gasteiger charge is -2.33. The number of hydrogen-bond donors (Lipinski definition) is 2. The van der Waals surface area contributed by atoms with Gasteiger partial charge < -0.3 is 15.3 Å². The van der Waals surface area contributed by atoms with Crippen LogP contribution in [0.1, 0.15) is 46.7 Å². The van der Waals surface area contributed by atoms with Crippen LogP contribution in [-0.4, -0.2) is 41.6 Å². The second kappa shape index (κ2) is 11.9. The van der Waals surface area contributed by atoms with Crippen LogP contribution in [0, 0.1) is 0 Å². The molecular formula is C33H34N2O2. The molecule has 0 spiro atoms. The van der Waals surface area contributed by atoms with E-state index < -0.39 is 0 Å². The molecule has 2 N–H and O–H groups in total. The molecule has 4 aromatic carbocycles. The molecule has 1 aliphatic heterocycles. The minimum Gasteiger partial charge on any atom is -0.508 e. The first-order valence-corrected chi connectivity index (χ1v) is 13.2. The van der Waals surface area contributed by atoms with Gasteiger partial charge in [-0.15, -0.1) is 0 Å². The lowest BCUT2D eigenvalue weighted by Crippen LogP contribution is -2.45. The number of carbonyl (C=O) groups is 1. The molecule has 1 fully saturated rings. The van der Waals surface area contributed by atoms with E-state index in [1.165, 1.54) is 11.1 Å². The molecule has 0 saturated carbocycles. The maximum atomic E-state index is 12.9. The summed E-state index contributed by atoms with van der Waals surface area (Å²) >= 11 is 0. The van der Waals surface area contributed by atoms with E-state index in [4.69, 9.17) is 0 Å². The van der Waals surface area contributed by atoms with Gasteiger partial charge in [0.25, 0.3) is 5.91 Å². The smallest absolute Gasteiger partial charge is 0.251 e. The number of phenols is 1. The van der Waals surface area contributed by atoms with Gasteiger partial charge in [0.05, 0.1) is 0 Å². The molecule has 0 unspecified atom stereocenters. The Kier molecular flexibility index (Phi) is 7.97.